The molecule has 1 aromatic carbocycles. The quantitative estimate of drug-likeness (QED) is 0.700. The Morgan fingerprint density at radius 1 is 1.27 bits per heavy atom. The molecular formula is C14H21N. The molecule has 1 fully saturated rings. The Kier molecular flexibility index (Phi) is 3.79. The lowest BCUT2D eigenvalue weighted by atomic mass is 10.1. The van der Waals surface area contributed by atoms with Crippen LogP contribution in [0.2, 0.25) is 0 Å². The van der Waals surface area contributed by atoms with E-state index in [2.05, 4.69) is 42.6 Å². The Morgan fingerprint density at radius 2 is 2.07 bits per heavy atom. The number of hydrogen-bond donors (Lipinski definition) is 1. The predicted molar refractivity (Wildman–Crippen MR) is 65.1 cm³/mol. The summed E-state index contributed by atoms with van der Waals surface area (Å²) in [5.41, 5.74) is 1.55. The predicted octanol–water partition coefficient (Wildman–Crippen LogP) is 3.18. The minimum absolute atomic E-state index is 0.868. The molecule has 0 radical (unpaired) electrons. The highest BCUT2D eigenvalue weighted by Crippen LogP contribution is 2.49. The Hall–Kier alpha value is -0.820. The van der Waals surface area contributed by atoms with Crippen LogP contribution in [0.3, 0.4) is 0 Å². The molecular weight excluding hydrogens is 182 g/mol. The molecule has 1 aliphatic carbocycles. The van der Waals surface area contributed by atoms with Crippen LogP contribution in [-0.2, 0) is 0 Å². The summed E-state index contributed by atoms with van der Waals surface area (Å²) in [5, 5.41) is 3.39. The van der Waals surface area contributed by atoms with Gasteiger partial charge in [-0.2, -0.15) is 0 Å². The van der Waals surface area contributed by atoms with Crippen LogP contribution in [0.1, 0.15) is 37.7 Å². The number of rotatable bonds is 6. The number of hydrogen-bond acceptors (Lipinski definition) is 1. The second-order valence-electron chi connectivity index (χ2n) is 4.51. The van der Waals surface area contributed by atoms with Gasteiger partial charge in [-0.1, -0.05) is 37.3 Å². The van der Waals surface area contributed by atoms with Crippen LogP contribution in [0.15, 0.2) is 30.3 Å². The van der Waals surface area contributed by atoms with E-state index in [1.54, 1.807) is 5.56 Å². The number of benzene rings is 1. The zero-order chi connectivity index (χ0) is 10.5. The van der Waals surface area contributed by atoms with E-state index >= 15 is 0 Å². The molecule has 82 valence electrons. The van der Waals surface area contributed by atoms with Crippen molar-refractivity contribution in [2.75, 3.05) is 13.1 Å². The molecule has 2 rings (SSSR count). The fourth-order valence-electron chi connectivity index (χ4n) is 2.34. The Labute approximate surface area is 92.9 Å². The zero-order valence-electron chi connectivity index (χ0n) is 9.58. The lowest BCUT2D eigenvalue weighted by Crippen LogP contribution is -2.13. The molecule has 0 heterocycles. The normalized spacial score (nSPS) is 24.1. The molecule has 2 atom stereocenters. The van der Waals surface area contributed by atoms with E-state index in [0.29, 0.717) is 0 Å². The van der Waals surface area contributed by atoms with Gasteiger partial charge in [0.1, 0.15) is 0 Å². The van der Waals surface area contributed by atoms with Crippen molar-refractivity contribution in [1.82, 2.24) is 5.32 Å². The number of nitrogens with one attached hydrogen (secondary N) is 1. The van der Waals surface area contributed by atoms with E-state index in [9.17, 15) is 0 Å². The van der Waals surface area contributed by atoms with Crippen LogP contribution in [-0.4, -0.2) is 13.1 Å². The molecule has 0 amide bonds. The van der Waals surface area contributed by atoms with Gasteiger partial charge in [0.25, 0.3) is 0 Å². The van der Waals surface area contributed by atoms with Crippen LogP contribution >= 0.6 is 0 Å². The molecule has 1 aliphatic rings. The zero-order valence-corrected chi connectivity index (χ0v) is 9.58. The first-order chi connectivity index (χ1) is 7.42. The average molecular weight is 203 g/mol. The highest BCUT2D eigenvalue weighted by molar-refractivity contribution is 5.25. The van der Waals surface area contributed by atoms with Crippen LogP contribution in [0.4, 0.5) is 0 Å². The summed E-state index contributed by atoms with van der Waals surface area (Å²) in [4.78, 5) is 0. The van der Waals surface area contributed by atoms with E-state index in [-0.39, 0.29) is 0 Å². The molecule has 0 saturated heterocycles. The summed E-state index contributed by atoms with van der Waals surface area (Å²) in [6.45, 7) is 4.46. The summed E-state index contributed by atoms with van der Waals surface area (Å²) >= 11 is 0. The van der Waals surface area contributed by atoms with E-state index in [1.165, 1.54) is 25.8 Å². The molecule has 0 spiro atoms. The third kappa shape index (κ3) is 3.07. The van der Waals surface area contributed by atoms with Gasteiger partial charge in [0.15, 0.2) is 0 Å². The molecule has 2 unspecified atom stereocenters. The topological polar surface area (TPSA) is 12.0 Å². The van der Waals surface area contributed by atoms with Crippen molar-refractivity contribution in [3.05, 3.63) is 35.9 Å². The first-order valence-electron chi connectivity index (χ1n) is 6.17. The molecule has 0 aliphatic heterocycles. The van der Waals surface area contributed by atoms with Crippen LogP contribution in [0.25, 0.3) is 0 Å². The van der Waals surface area contributed by atoms with E-state index in [0.717, 1.165) is 18.4 Å². The van der Waals surface area contributed by atoms with E-state index < -0.39 is 0 Å². The summed E-state index contributed by atoms with van der Waals surface area (Å²) in [6.07, 6.45) is 4.14. The van der Waals surface area contributed by atoms with Gasteiger partial charge >= 0.3 is 0 Å². The molecule has 15 heavy (non-hydrogen) atoms. The van der Waals surface area contributed by atoms with Crippen LogP contribution in [0, 0.1) is 5.92 Å². The minimum Gasteiger partial charge on any atom is -0.317 e. The van der Waals surface area contributed by atoms with Gasteiger partial charge in [-0.3, -0.25) is 0 Å². The highest BCUT2D eigenvalue weighted by atomic mass is 14.8. The van der Waals surface area contributed by atoms with Gasteiger partial charge in [0, 0.05) is 0 Å². The monoisotopic (exact) mass is 203 g/mol. The summed E-state index contributed by atoms with van der Waals surface area (Å²) in [7, 11) is 0. The maximum atomic E-state index is 3.39. The SMILES string of the molecule is CCNCCCC1CC1c1ccccc1. The molecule has 0 aromatic heterocycles. The fraction of sp³-hybridized carbons (Fsp3) is 0.571. The van der Waals surface area contributed by atoms with Gasteiger partial charge in [-0.25, -0.2) is 0 Å². The molecule has 1 heteroatoms. The van der Waals surface area contributed by atoms with E-state index in [4.69, 9.17) is 0 Å². The smallest absolute Gasteiger partial charge is 0.00489 e. The lowest BCUT2D eigenvalue weighted by Gasteiger charge is -2.01. The van der Waals surface area contributed by atoms with Crippen molar-refractivity contribution in [2.45, 2.75) is 32.1 Å². The van der Waals surface area contributed by atoms with Crippen molar-refractivity contribution < 1.29 is 0 Å². The molecule has 1 saturated carbocycles. The van der Waals surface area contributed by atoms with Gasteiger partial charge in [-0.15, -0.1) is 0 Å². The van der Waals surface area contributed by atoms with Crippen molar-refractivity contribution in [2.24, 2.45) is 5.92 Å². The van der Waals surface area contributed by atoms with Gasteiger partial charge in [0.2, 0.25) is 0 Å². The van der Waals surface area contributed by atoms with Gasteiger partial charge in [-0.05, 0) is 49.8 Å². The highest BCUT2D eigenvalue weighted by Gasteiger charge is 2.36. The molecule has 0 bridgehead atoms. The van der Waals surface area contributed by atoms with Crippen molar-refractivity contribution in [1.29, 1.82) is 0 Å². The maximum Gasteiger partial charge on any atom is -0.00489 e. The Morgan fingerprint density at radius 3 is 2.80 bits per heavy atom. The Balaban J connectivity index is 1.68. The third-order valence-electron chi connectivity index (χ3n) is 3.33. The van der Waals surface area contributed by atoms with Gasteiger partial charge in [0.05, 0.1) is 0 Å². The van der Waals surface area contributed by atoms with Crippen LogP contribution < -0.4 is 5.32 Å². The summed E-state index contributed by atoms with van der Waals surface area (Å²) in [5.74, 6) is 1.83. The van der Waals surface area contributed by atoms with Crippen molar-refractivity contribution in [3.63, 3.8) is 0 Å². The minimum atomic E-state index is 0.868. The maximum absolute atomic E-state index is 3.39. The second kappa shape index (κ2) is 5.32. The van der Waals surface area contributed by atoms with Crippen molar-refractivity contribution >= 4 is 0 Å². The first kappa shape index (κ1) is 10.7. The Bertz CT molecular complexity index is 281. The van der Waals surface area contributed by atoms with Gasteiger partial charge < -0.3 is 5.32 Å². The summed E-state index contributed by atoms with van der Waals surface area (Å²) in [6, 6.07) is 11.0. The average Bonchev–Trinajstić information content (AvgIpc) is 3.05. The first-order valence-corrected chi connectivity index (χ1v) is 6.17. The molecule has 1 nitrogen and oxygen atoms in total. The second-order valence-corrected chi connectivity index (χ2v) is 4.51. The van der Waals surface area contributed by atoms with Crippen molar-refractivity contribution in [3.8, 4) is 0 Å². The standard InChI is InChI=1S/C14H21N/c1-2-15-10-6-9-13-11-14(13)12-7-4-3-5-8-12/h3-5,7-8,13-15H,2,6,9-11H2,1H3. The third-order valence-corrected chi connectivity index (χ3v) is 3.33. The fourth-order valence-corrected chi connectivity index (χ4v) is 2.34. The van der Waals surface area contributed by atoms with E-state index in [1.807, 2.05) is 0 Å². The van der Waals surface area contributed by atoms with Crippen LogP contribution in [0.5, 0.6) is 0 Å². The molecule has 1 aromatic rings. The largest absolute Gasteiger partial charge is 0.317 e. The summed E-state index contributed by atoms with van der Waals surface area (Å²) < 4.78 is 0. The lowest BCUT2D eigenvalue weighted by molar-refractivity contribution is 0.598. The molecule has 1 N–H and O–H groups in total.